The number of hydrogen-bond donors (Lipinski definition) is 1. The molecule has 0 saturated carbocycles. The lowest BCUT2D eigenvalue weighted by atomic mass is 9.80. The van der Waals surface area contributed by atoms with E-state index in [0.29, 0.717) is 19.7 Å². The zero-order chi connectivity index (χ0) is 19.6. The molecule has 3 aliphatic heterocycles. The number of methoxy groups -OCH3 is 1. The van der Waals surface area contributed by atoms with Crippen molar-refractivity contribution in [3.63, 3.8) is 0 Å². The topological polar surface area (TPSA) is 72.8 Å². The van der Waals surface area contributed by atoms with Gasteiger partial charge in [0, 0.05) is 31.8 Å². The number of piperidine rings is 1. The summed E-state index contributed by atoms with van der Waals surface area (Å²) in [5, 5.41) is 3.74. The molecule has 2 fully saturated rings. The van der Waals surface area contributed by atoms with E-state index < -0.39 is 10.0 Å². The third-order valence-electron chi connectivity index (χ3n) is 6.43. The minimum atomic E-state index is -3.15. The zero-order valence-electron chi connectivity index (χ0n) is 16.1. The molecule has 1 atom stereocenters. The number of hydrogen-bond acceptors (Lipinski definition) is 5. The first-order valence-electron chi connectivity index (χ1n) is 9.58. The highest BCUT2D eigenvalue weighted by molar-refractivity contribution is 7.88. The van der Waals surface area contributed by atoms with Crippen molar-refractivity contribution < 1.29 is 17.9 Å². The summed E-state index contributed by atoms with van der Waals surface area (Å²) >= 11 is 0. The van der Waals surface area contributed by atoms with E-state index in [-0.39, 0.29) is 11.1 Å². The lowest BCUT2D eigenvalue weighted by molar-refractivity contribution is -0.0314. The van der Waals surface area contributed by atoms with E-state index in [2.05, 4.69) is 34.3 Å². The van der Waals surface area contributed by atoms with Crippen LogP contribution in [0.5, 0.6) is 5.75 Å². The Labute approximate surface area is 165 Å². The highest BCUT2D eigenvalue weighted by Gasteiger charge is 2.54. The van der Waals surface area contributed by atoms with Crippen LogP contribution in [0.2, 0.25) is 0 Å². The first-order chi connectivity index (χ1) is 13.3. The fraction of sp³-hybridized carbons (Fsp3) is 0.500. The van der Waals surface area contributed by atoms with Gasteiger partial charge in [-0.15, -0.1) is 0 Å². The van der Waals surface area contributed by atoms with Crippen LogP contribution in [-0.2, 0) is 20.3 Å². The molecule has 150 valence electrons. The van der Waals surface area contributed by atoms with Gasteiger partial charge in [0.2, 0.25) is 10.0 Å². The summed E-state index contributed by atoms with van der Waals surface area (Å²) in [6.07, 6.45) is 5.62. The maximum Gasteiger partial charge on any atom is 0.211 e. The van der Waals surface area contributed by atoms with Gasteiger partial charge in [-0.3, -0.25) is 0 Å². The lowest BCUT2D eigenvalue weighted by Crippen LogP contribution is -2.48. The van der Waals surface area contributed by atoms with E-state index in [4.69, 9.17) is 9.47 Å². The van der Waals surface area contributed by atoms with Crippen LogP contribution in [0, 0.1) is 0 Å². The Morgan fingerprint density at radius 1 is 1.21 bits per heavy atom. The second-order valence-corrected chi connectivity index (χ2v) is 10.1. The predicted octanol–water partition coefficient (Wildman–Crippen LogP) is 2.32. The van der Waals surface area contributed by atoms with Gasteiger partial charge in [0.05, 0.1) is 42.6 Å². The van der Waals surface area contributed by atoms with Crippen molar-refractivity contribution in [3.05, 3.63) is 42.2 Å². The zero-order valence-corrected chi connectivity index (χ0v) is 17.0. The van der Waals surface area contributed by atoms with Crippen molar-refractivity contribution in [2.24, 2.45) is 0 Å². The maximum atomic E-state index is 11.9. The van der Waals surface area contributed by atoms with E-state index in [0.717, 1.165) is 36.4 Å². The molecule has 0 bridgehead atoms. The molecule has 1 aromatic heterocycles. The third-order valence-corrected chi connectivity index (χ3v) is 7.73. The minimum Gasteiger partial charge on any atom is -0.497 e. The fourth-order valence-corrected chi connectivity index (χ4v) is 5.82. The summed E-state index contributed by atoms with van der Waals surface area (Å²) < 4.78 is 39.3. The highest BCUT2D eigenvalue weighted by Crippen LogP contribution is 2.50. The molecule has 0 amide bonds. The molecule has 2 aromatic rings. The SMILES string of the molecule is COc1ccc2c(c1)NC1(COC3(CCN(S(C)(=O)=O)CC3)C1)c1cccn1-2. The second kappa shape index (κ2) is 5.98. The molecule has 2 saturated heterocycles. The van der Waals surface area contributed by atoms with Gasteiger partial charge in [-0.2, -0.15) is 0 Å². The molecule has 0 aliphatic carbocycles. The molecule has 8 heteroatoms. The number of nitrogens with one attached hydrogen (secondary N) is 1. The molecule has 1 unspecified atom stereocenters. The van der Waals surface area contributed by atoms with E-state index >= 15 is 0 Å². The van der Waals surface area contributed by atoms with Crippen LogP contribution in [0.25, 0.3) is 5.69 Å². The Bertz CT molecular complexity index is 1020. The van der Waals surface area contributed by atoms with E-state index in [1.807, 2.05) is 12.1 Å². The lowest BCUT2D eigenvalue weighted by Gasteiger charge is -2.40. The highest BCUT2D eigenvalue weighted by atomic mass is 32.2. The van der Waals surface area contributed by atoms with Crippen LogP contribution in [0.3, 0.4) is 0 Å². The molecule has 2 spiro atoms. The monoisotopic (exact) mass is 403 g/mol. The molecular formula is C20H25N3O4S. The van der Waals surface area contributed by atoms with Crippen molar-refractivity contribution in [2.45, 2.75) is 30.4 Å². The number of ether oxygens (including phenoxy) is 2. The number of nitrogens with zero attached hydrogens (tertiary/aromatic N) is 2. The summed E-state index contributed by atoms with van der Waals surface area (Å²) in [5.74, 6) is 0.812. The number of aromatic nitrogens is 1. The Balaban J connectivity index is 1.47. The van der Waals surface area contributed by atoms with Crippen LogP contribution >= 0.6 is 0 Å². The Kier molecular flexibility index (Phi) is 3.85. The standard InChI is InChI=1S/C20H25N3O4S/c1-26-15-5-6-17-16(12-15)21-20(18-4-3-9-23(17)18)13-19(27-14-20)7-10-22(11-8-19)28(2,24)25/h3-6,9,12,21H,7-8,10-11,13-14H2,1-2H3. The van der Waals surface area contributed by atoms with Crippen molar-refractivity contribution >= 4 is 15.7 Å². The maximum absolute atomic E-state index is 11.9. The average molecular weight is 404 g/mol. The smallest absolute Gasteiger partial charge is 0.211 e. The van der Waals surface area contributed by atoms with Crippen molar-refractivity contribution in [3.8, 4) is 11.4 Å². The van der Waals surface area contributed by atoms with Gasteiger partial charge in [-0.25, -0.2) is 12.7 Å². The summed E-state index contributed by atoms with van der Waals surface area (Å²) in [6, 6.07) is 10.3. The number of sulfonamides is 1. The quantitative estimate of drug-likeness (QED) is 0.833. The van der Waals surface area contributed by atoms with Gasteiger partial charge in [0.25, 0.3) is 0 Å². The molecule has 4 heterocycles. The molecule has 1 aromatic carbocycles. The number of fused-ring (bicyclic) bond motifs is 4. The van der Waals surface area contributed by atoms with E-state index in [1.54, 1.807) is 11.4 Å². The predicted molar refractivity (Wildman–Crippen MR) is 107 cm³/mol. The molecule has 1 N–H and O–H groups in total. The second-order valence-electron chi connectivity index (χ2n) is 8.16. The molecule has 0 radical (unpaired) electrons. The van der Waals surface area contributed by atoms with E-state index in [1.165, 1.54) is 11.9 Å². The van der Waals surface area contributed by atoms with Gasteiger partial charge in [-0.1, -0.05) is 0 Å². The molecule has 3 aliphatic rings. The van der Waals surface area contributed by atoms with Crippen LogP contribution < -0.4 is 10.1 Å². The largest absolute Gasteiger partial charge is 0.497 e. The van der Waals surface area contributed by atoms with Gasteiger partial charge in [-0.05, 0) is 37.1 Å². The van der Waals surface area contributed by atoms with Crippen LogP contribution in [0.15, 0.2) is 36.5 Å². The molecule has 28 heavy (non-hydrogen) atoms. The van der Waals surface area contributed by atoms with Gasteiger partial charge >= 0.3 is 0 Å². The van der Waals surface area contributed by atoms with Crippen LogP contribution in [0.4, 0.5) is 5.69 Å². The van der Waals surface area contributed by atoms with Gasteiger partial charge < -0.3 is 19.4 Å². The van der Waals surface area contributed by atoms with Crippen molar-refractivity contribution in [2.75, 3.05) is 38.4 Å². The van der Waals surface area contributed by atoms with Crippen LogP contribution in [0.1, 0.15) is 25.0 Å². The van der Waals surface area contributed by atoms with Gasteiger partial charge in [0.1, 0.15) is 11.3 Å². The molecule has 5 rings (SSSR count). The van der Waals surface area contributed by atoms with Gasteiger partial charge in [0.15, 0.2) is 0 Å². The summed E-state index contributed by atoms with van der Waals surface area (Å²) in [5.41, 5.74) is 2.69. The minimum absolute atomic E-state index is 0.292. The molecule has 7 nitrogen and oxygen atoms in total. The molecular weight excluding hydrogens is 378 g/mol. The normalized spacial score (nSPS) is 26.1. The summed E-state index contributed by atoms with van der Waals surface area (Å²) in [7, 11) is -1.48. The first-order valence-corrected chi connectivity index (χ1v) is 11.4. The Morgan fingerprint density at radius 3 is 2.71 bits per heavy atom. The van der Waals surface area contributed by atoms with E-state index in [9.17, 15) is 8.42 Å². The van der Waals surface area contributed by atoms with Crippen molar-refractivity contribution in [1.82, 2.24) is 8.87 Å². The number of rotatable bonds is 2. The van der Waals surface area contributed by atoms with Crippen LogP contribution in [-0.4, -0.2) is 56.0 Å². The fourth-order valence-electron chi connectivity index (χ4n) is 4.97. The Hall–Kier alpha value is -2.03. The first kappa shape index (κ1) is 18.0. The number of benzene rings is 1. The van der Waals surface area contributed by atoms with Crippen molar-refractivity contribution in [1.29, 1.82) is 0 Å². The number of anilines is 1. The Morgan fingerprint density at radius 2 is 2.00 bits per heavy atom. The third kappa shape index (κ3) is 2.66. The average Bonchev–Trinajstić information content (AvgIpc) is 3.28. The summed E-state index contributed by atoms with van der Waals surface area (Å²) in [4.78, 5) is 0. The summed E-state index contributed by atoms with van der Waals surface area (Å²) in [6.45, 7) is 1.59.